The predicted molar refractivity (Wildman–Crippen MR) is 79.7 cm³/mol. The first kappa shape index (κ1) is 14.0. The molecule has 0 saturated heterocycles. The van der Waals surface area contributed by atoms with Crippen molar-refractivity contribution in [2.75, 3.05) is 6.54 Å². The number of nitrogens with zero attached hydrogens (tertiary/aromatic N) is 1. The molecule has 1 aliphatic carbocycles. The van der Waals surface area contributed by atoms with Gasteiger partial charge in [-0.05, 0) is 73.5 Å². The second-order valence-electron chi connectivity index (χ2n) is 6.60. The molecule has 1 aromatic heterocycles. The molecule has 0 radical (unpaired) electrons. The first-order chi connectivity index (χ1) is 8.39. The Hall–Kier alpha value is -0.410. The fourth-order valence-corrected chi connectivity index (χ4v) is 2.68. The summed E-state index contributed by atoms with van der Waals surface area (Å²) < 4.78 is 1.06. The van der Waals surface area contributed by atoms with Gasteiger partial charge in [0, 0.05) is 28.4 Å². The van der Waals surface area contributed by atoms with Crippen LogP contribution in [0, 0.1) is 5.41 Å². The Morgan fingerprint density at radius 1 is 1.33 bits per heavy atom. The highest BCUT2D eigenvalue weighted by Crippen LogP contribution is 2.43. The molecule has 0 aliphatic heterocycles. The van der Waals surface area contributed by atoms with Crippen LogP contribution in [0.15, 0.2) is 22.8 Å². The van der Waals surface area contributed by atoms with Gasteiger partial charge in [0.2, 0.25) is 0 Å². The van der Waals surface area contributed by atoms with Crippen LogP contribution in [0.2, 0.25) is 0 Å². The van der Waals surface area contributed by atoms with E-state index in [1.165, 1.54) is 25.0 Å². The summed E-state index contributed by atoms with van der Waals surface area (Å²) in [7, 11) is 0. The third-order valence-corrected chi connectivity index (χ3v) is 4.22. The van der Waals surface area contributed by atoms with Crippen LogP contribution in [0.4, 0.5) is 0 Å². The van der Waals surface area contributed by atoms with Gasteiger partial charge in [0.05, 0.1) is 0 Å². The van der Waals surface area contributed by atoms with Crippen molar-refractivity contribution in [2.45, 2.75) is 52.0 Å². The van der Waals surface area contributed by atoms with Crippen molar-refractivity contribution in [3.63, 3.8) is 0 Å². The minimum absolute atomic E-state index is 0.204. The Kier molecular flexibility index (Phi) is 4.12. The van der Waals surface area contributed by atoms with Crippen LogP contribution < -0.4 is 5.32 Å². The van der Waals surface area contributed by atoms with Gasteiger partial charge in [0.1, 0.15) is 0 Å². The molecule has 1 fully saturated rings. The Labute approximate surface area is 119 Å². The number of hydrogen-bond acceptors (Lipinski definition) is 2. The third kappa shape index (κ3) is 3.79. The van der Waals surface area contributed by atoms with Crippen LogP contribution in [0.1, 0.15) is 45.7 Å². The molecule has 1 aliphatic rings. The summed E-state index contributed by atoms with van der Waals surface area (Å²) in [6, 6.07) is 4.23. The first-order valence-electron chi connectivity index (χ1n) is 6.74. The zero-order valence-electron chi connectivity index (χ0n) is 11.6. The predicted octanol–water partition coefficient (Wildman–Crippen LogP) is 3.95. The standard InChI is InChI=1S/C15H23BrN2/c1-14(2,3)18-11-15(7-4-8-15)9-13-6-5-12(16)10-17-13/h5-6,10,18H,4,7-9,11H2,1-3H3. The van der Waals surface area contributed by atoms with Crippen LogP contribution in [-0.2, 0) is 6.42 Å². The summed E-state index contributed by atoms with van der Waals surface area (Å²) in [5.41, 5.74) is 1.86. The van der Waals surface area contributed by atoms with Crippen molar-refractivity contribution in [1.82, 2.24) is 10.3 Å². The molecule has 0 amide bonds. The normalized spacial score (nSPS) is 18.4. The minimum atomic E-state index is 0.204. The molecule has 0 aromatic carbocycles. The number of hydrogen-bond donors (Lipinski definition) is 1. The molecule has 1 aromatic rings. The lowest BCUT2D eigenvalue weighted by atomic mass is 9.65. The first-order valence-corrected chi connectivity index (χ1v) is 7.53. The maximum absolute atomic E-state index is 4.51. The quantitative estimate of drug-likeness (QED) is 0.911. The molecule has 1 N–H and O–H groups in total. The lowest BCUT2D eigenvalue weighted by Gasteiger charge is -2.44. The van der Waals surface area contributed by atoms with E-state index >= 15 is 0 Å². The van der Waals surface area contributed by atoms with Crippen molar-refractivity contribution >= 4 is 15.9 Å². The van der Waals surface area contributed by atoms with Crippen molar-refractivity contribution in [3.8, 4) is 0 Å². The van der Waals surface area contributed by atoms with E-state index in [0.29, 0.717) is 5.41 Å². The molecule has 18 heavy (non-hydrogen) atoms. The van der Waals surface area contributed by atoms with Gasteiger partial charge in [-0.25, -0.2) is 0 Å². The monoisotopic (exact) mass is 310 g/mol. The second-order valence-corrected chi connectivity index (χ2v) is 7.52. The summed E-state index contributed by atoms with van der Waals surface area (Å²) in [5.74, 6) is 0. The molecular formula is C15H23BrN2. The molecule has 0 unspecified atom stereocenters. The van der Waals surface area contributed by atoms with Gasteiger partial charge in [-0.1, -0.05) is 6.42 Å². The van der Waals surface area contributed by atoms with Crippen LogP contribution in [0.25, 0.3) is 0 Å². The average molecular weight is 311 g/mol. The Balaban J connectivity index is 1.98. The minimum Gasteiger partial charge on any atom is -0.312 e. The van der Waals surface area contributed by atoms with Gasteiger partial charge >= 0.3 is 0 Å². The maximum atomic E-state index is 4.51. The maximum Gasteiger partial charge on any atom is 0.0413 e. The Morgan fingerprint density at radius 2 is 2.06 bits per heavy atom. The van der Waals surface area contributed by atoms with Crippen molar-refractivity contribution in [3.05, 3.63) is 28.5 Å². The molecule has 1 saturated carbocycles. The lowest BCUT2D eigenvalue weighted by Crippen LogP contribution is -2.48. The molecule has 3 heteroatoms. The average Bonchev–Trinajstić information content (AvgIpc) is 2.23. The van der Waals surface area contributed by atoms with E-state index in [9.17, 15) is 0 Å². The highest BCUT2D eigenvalue weighted by Gasteiger charge is 2.37. The van der Waals surface area contributed by atoms with E-state index in [4.69, 9.17) is 0 Å². The number of rotatable bonds is 4. The van der Waals surface area contributed by atoms with Crippen LogP contribution in [0.3, 0.4) is 0 Å². The largest absolute Gasteiger partial charge is 0.312 e. The summed E-state index contributed by atoms with van der Waals surface area (Å²) in [6.45, 7) is 7.81. The molecule has 0 atom stereocenters. The van der Waals surface area contributed by atoms with Gasteiger partial charge in [0.25, 0.3) is 0 Å². The van der Waals surface area contributed by atoms with Gasteiger partial charge in [-0.2, -0.15) is 0 Å². The smallest absolute Gasteiger partial charge is 0.0413 e. The van der Waals surface area contributed by atoms with E-state index in [0.717, 1.165) is 17.4 Å². The number of aromatic nitrogens is 1. The van der Waals surface area contributed by atoms with E-state index in [1.807, 2.05) is 6.20 Å². The number of nitrogens with one attached hydrogen (secondary N) is 1. The fourth-order valence-electron chi connectivity index (χ4n) is 2.44. The summed E-state index contributed by atoms with van der Waals surface area (Å²) in [6.07, 6.45) is 7.02. The Bertz CT molecular complexity index is 388. The van der Waals surface area contributed by atoms with Gasteiger partial charge in [0.15, 0.2) is 0 Å². The van der Waals surface area contributed by atoms with E-state index < -0.39 is 0 Å². The SMILES string of the molecule is CC(C)(C)NCC1(Cc2ccc(Br)cn2)CCC1. The zero-order chi connectivity index (χ0) is 13.2. The molecule has 2 rings (SSSR count). The highest BCUT2D eigenvalue weighted by molar-refractivity contribution is 9.10. The highest BCUT2D eigenvalue weighted by atomic mass is 79.9. The molecule has 2 nitrogen and oxygen atoms in total. The van der Waals surface area contributed by atoms with Gasteiger partial charge in [-0.3, -0.25) is 4.98 Å². The van der Waals surface area contributed by atoms with Gasteiger partial charge in [-0.15, -0.1) is 0 Å². The fraction of sp³-hybridized carbons (Fsp3) is 0.667. The van der Waals surface area contributed by atoms with E-state index in [1.54, 1.807) is 0 Å². The second kappa shape index (κ2) is 5.30. The number of halogens is 1. The van der Waals surface area contributed by atoms with Crippen LogP contribution in [0.5, 0.6) is 0 Å². The summed E-state index contributed by atoms with van der Waals surface area (Å²) in [4.78, 5) is 4.51. The molecule has 100 valence electrons. The van der Waals surface area contributed by atoms with Crippen LogP contribution >= 0.6 is 15.9 Å². The number of pyridine rings is 1. The summed E-state index contributed by atoms with van der Waals surface area (Å²) in [5, 5.41) is 3.66. The Morgan fingerprint density at radius 3 is 2.50 bits per heavy atom. The molecule has 0 bridgehead atoms. The van der Waals surface area contributed by atoms with Crippen LogP contribution in [-0.4, -0.2) is 17.1 Å². The third-order valence-electron chi connectivity index (χ3n) is 3.75. The molecule has 1 heterocycles. The van der Waals surface area contributed by atoms with Gasteiger partial charge < -0.3 is 5.32 Å². The van der Waals surface area contributed by atoms with Crippen molar-refractivity contribution in [2.24, 2.45) is 5.41 Å². The lowest BCUT2D eigenvalue weighted by molar-refractivity contribution is 0.117. The van der Waals surface area contributed by atoms with E-state index in [2.05, 4.69) is 59.1 Å². The topological polar surface area (TPSA) is 24.9 Å². The molecular weight excluding hydrogens is 288 g/mol. The molecule has 0 spiro atoms. The van der Waals surface area contributed by atoms with Crippen molar-refractivity contribution < 1.29 is 0 Å². The van der Waals surface area contributed by atoms with Crippen molar-refractivity contribution in [1.29, 1.82) is 0 Å². The zero-order valence-corrected chi connectivity index (χ0v) is 13.2. The van der Waals surface area contributed by atoms with E-state index in [-0.39, 0.29) is 5.54 Å². The summed E-state index contributed by atoms with van der Waals surface area (Å²) >= 11 is 3.44.